The number of para-hydroxylation sites is 1. The minimum absolute atomic E-state index is 0.146. The molecule has 0 N–H and O–H groups in total. The lowest BCUT2D eigenvalue weighted by Gasteiger charge is -2.27. The van der Waals surface area contributed by atoms with Gasteiger partial charge < -0.3 is 0 Å². The number of hydrogen-bond acceptors (Lipinski definition) is 3. The summed E-state index contributed by atoms with van der Waals surface area (Å²) >= 11 is 1.51. The van der Waals surface area contributed by atoms with Gasteiger partial charge in [-0.25, -0.2) is 4.98 Å². The van der Waals surface area contributed by atoms with E-state index in [1.54, 1.807) is 11.1 Å². The number of amides is 1. The third-order valence-corrected chi connectivity index (χ3v) is 4.56. The van der Waals surface area contributed by atoms with E-state index in [4.69, 9.17) is 0 Å². The van der Waals surface area contributed by atoms with E-state index in [0.29, 0.717) is 0 Å². The molecule has 1 heterocycles. The number of hydrogen-bond donors (Lipinski definition) is 0. The number of aromatic nitrogens is 1. The van der Waals surface area contributed by atoms with Gasteiger partial charge in [0.25, 0.3) is 0 Å². The van der Waals surface area contributed by atoms with Crippen LogP contribution in [0.1, 0.15) is 32.1 Å². The maximum Gasteiger partial charge on any atom is 0.236 e. The van der Waals surface area contributed by atoms with Gasteiger partial charge in [-0.05, 0) is 25.0 Å². The zero-order valence-electron chi connectivity index (χ0n) is 11.4. The van der Waals surface area contributed by atoms with E-state index < -0.39 is 0 Å². The van der Waals surface area contributed by atoms with Crippen molar-refractivity contribution in [1.82, 2.24) is 4.98 Å². The van der Waals surface area contributed by atoms with E-state index in [-0.39, 0.29) is 11.8 Å². The van der Waals surface area contributed by atoms with Gasteiger partial charge in [-0.1, -0.05) is 37.5 Å². The number of nitrogens with zero attached hydrogens (tertiary/aromatic N) is 2. The van der Waals surface area contributed by atoms with Crippen LogP contribution in [0, 0.1) is 5.92 Å². The van der Waals surface area contributed by atoms with E-state index in [1.807, 2.05) is 35.7 Å². The second-order valence-corrected chi connectivity index (χ2v) is 6.03. The van der Waals surface area contributed by atoms with Crippen molar-refractivity contribution in [2.75, 3.05) is 4.90 Å². The van der Waals surface area contributed by atoms with Crippen LogP contribution in [0.25, 0.3) is 0 Å². The quantitative estimate of drug-likeness (QED) is 0.838. The highest BCUT2D eigenvalue weighted by atomic mass is 32.1. The molecule has 0 spiro atoms. The van der Waals surface area contributed by atoms with Crippen molar-refractivity contribution in [3.8, 4) is 0 Å². The highest BCUT2D eigenvalue weighted by molar-refractivity contribution is 7.13. The number of benzene rings is 1. The molecule has 104 valence electrons. The maximum absolute atomic E-state index is 12.9. The number of thiazole rings is 1. The average molecular weight is 286 g/mol. The molecule has 0 saturated heterocycles. The van der Waals surface area contributed by atoms with Crippen LogP contribution in [-0.2, 0) is 4.79 Å². The normalized spacial score (nSPS) is 16.0. The Bertz CT molecular complexity index is 547. The molecule has 3 rings (SSSR count). The summed E-state index contributed by atoms with van der Waals surface area (Å²) in [6.45, 7) is 0. The Morgan fingerprint density at radius 2 is 1.90 bits per heavy atom. The first kappa shape index (κ1) is 13.3. The molecule has 1 aromatic carbocycles. The molecule has 20 heavy (non-hydrogen) atoms. The lowest BCUT2D eigenvalue weighted by Crippen LogP contribution is -2.33. The number of rotatable bonds is 3. The Balaban J connectivity index is 1.91. The molecule has 1 fully saturated rings. The highest BCUT2D eigenvalue weighted by Gasteiger charge is 2.29. The van der Waals surface area contributed by atoms with Crippen LogP contribution in [0.2, 0.25) is 0 Å². The lowest BCUT2D eigenvalue weighted by atomic mass is 9.88. The van der Waals surface area contributed by atoms with Gasteiger partial charge in [-0.3, -0.25) is 9.69 Å². The summed E-state index contributed by atoms with van der Waals surface area (Å²) in [7, 11) is 0. The zero-order valence-corrected chi connectivity index (χ0v) is 12.2. The molecule has 4 heteroatoms. The number of anilines is 2. The van der Waals surface area contributed by atoms with Gasteiger partial charge in [0, 0.05) is 17.5 Å². The topological polar surface area (TPSA) is 33.2 Å². The van der Waals surface area contributed by atoms with Crippen molar-refractivity contribution < 1.29 is 4.79 Å². The first-order valence-electron chi connectivity index (χ1n) is 7.15. The summed E-state index contributed by atoms with van der Waals surface area (Å²) in [6.07, 6.45) is 7.35. The smallest absolute Gasteiger partial charge is 0.236 e. The minimum atomic E-state index is 0.146. The van der Waals surface area contributed by atoms with E-state index in [0.717, 1.165) is 36.5 Å². The van der Waals surface area contributed by atoms with E-state index >= 15 is 0 Å². The summed E-state index contributed by atoms with van der Waals surface area (Å²) in [4.78, 5) is 19.0. The van der Waals surface area contributed by atoms with Gasteiger partial charge in [0.2, 0.25) is 5.91 Å². The van der Waals surface area contributed by atoms with E-state index in [1.165, 1.54) is 17.8 Å². The Hall–Kier alpha value is -1.68. The van der Waals surface area contributed by atoms with E-state index in [9.17, 15) is 4.79 Å². The molecule has 3 nitrogen and oxygen atoms in total. The second-order valence-electron chi connectivity index (χ2n) is 5.16. The van der Waals surface area contributed by atoms with Crippen molar-refractivity contribution in [3.05, 3.63) is 41.9 Å². The highest BCUT2D eigenvalue weighted by Crippen LogP contribution is 2.33. The third-order valence-electron chi connectivity index (χ3n) is 3.80. The van der Waals surface area contributed by atoms with Crippen LogP contribution in [0.3, 0.4) is 0 Å². The van der Waals surface area contributed by atoms with Crippen LogP contribution >= 0.6 is 11.3 Å². The van der Waals surface area contributed by atoms with Crippen LogP contribution in [0.4, 0.5) is 10.8 Å². The van der Waals surface area contributed by atoms with Gasteiger partial charge >= 0.3 is 0 Å². The fraction of sp³-hybridized carbons (Fsp3) is 0.375. The van der Waals surface area contributed by atoms with Crippen LogP contribution in [-0.4, -0.2) is 10.9 Å². The summed E-state index contributed by atoms with van der Waals surface area (Å²) in [5.41, 5.74) is 0.915. The van der Waals surface area contributed by atoms with Gasteiger partial charge in [-0.15, -0.1) is 11.3 Å². The van der Waals surface area contributed by atoms with Crippen molar-refractivity contribution in [2.45, 2.75) is 32.1 Å². The van der Waals surface area contributed by atoms with Crippen molar-refractivity contribution in [2.24, 2.45) is 5.92 Å². The molecule has 2 aromatic rings. The first-order valence-corrected chi connectivity index (χ1v) is 8.03. The van der Waals surface area contributed by atoms with E-state index in [2.05, 4.69) is 4.98 Å². The zero-order chi connectivity index (χ0) is 13.8. The largest absolute Gasteiger partial charge is 0.274 e. The fourth-order valence-electron chi connectivity index (χ4n) is 2.77. The Morgan fingerprint density at radius 1 is 1.15 bits per heavy atom. The van der Waals surface area contributed by atoms with Crippen LogP contribution < -0.4 is 4.90 Å². The van der Waals surface area contributed by atoms with Gasteiger partial charge in [0.1, 0.15) is 0 Å². The molecule has 1 saturated carbocycles. The summed E-state index contributed by atoms with van der Waals surface area (Å²) < 4.78 is 0. The Kier molecular flexibility index (Phi) is 4.11. The summed E-state index contributed by atoms with van der Waals surface area (Å²) in [6, 6.07) is 9.84. The Labute approximate surface area is 123 Å². The Morgan fingerprint density at radius 3 is 2.55 bits per heavy atom. The molecule has 1 aliphatic rings. The van der Waals surface area contributed by atoms with Gasteiger partial charge in [0.15, 0.2) is 5.13 Å². The molecule has 1 aliphatic carbocycles. The van der Waals surface area contributed by atoms with Crippen molar-refractivity contribution in [1.29, 1.82) is 0 Å². The summed E-state index contributed by atoms with van der Waals surface area (Å²) in [5, 5.41) is 2.69. The average Bonchev–Trinajstić information content (AvgIpc) is 3.03. The van der Waals surface area contributed by atoms with Crippen LogP contribution in [0.15, 0.2) is 41.9 Å². The van der Waals surface area contributed by atoms with Gasteiger partial charge in [-0.2, -0.15) is 0 Å². The molecule has 1 amide bonds. The van der Waals surface area contributed by atoms with Crippen LogP contribution in [0.5, 0.6) is 0 Å². The minimum Gasteiger partial charge on any atom is -0.274 e. The molecular weight excluding hydrogens is 268 g/mol. The molecule has 1 aromatic heterocycles. The van der Waals surface area contributed by atoms with Gasteiger partial charge in [0.05, 0.1) is 5.69 Å². The third kappa shape index (κ3) is 2.75. The molecule has 0 atom stereocenters. The first-order chi connectivity index (χ1) is 9.86. The molecule has 0 radical (unpaired) electrons. The molecule has 0 unspecified atom stereocenters. The maximum atomic E-state index is 12.9. The molecule has 0 bridgehead atoms. The standard InChI is InChI=1S/C16H18N2OS/c19-15(13-7-3-1-4-8-13)18(16-17-11-12-20-16)14-9-5-2-6-10-14/h2,5-6,9-13H,1,3-4,7-8H2. The molecular formula is C16H18N2OS. The van der Waals surface area contributed by atoms with Crippen molar-refractivity contribution in [3.63, 3.8) is 0 Å². The monoisotopic (exact) mass is 286 g/mol. The van der Waals surface area contributed by atoms with Crippen molar-refractivity contribution >= 4 is 28.1 Å². The SMILES string of the molecule is O=C(C1CCCCC1)N(c1ccccc1)c1nccs1. The number of carbonyl (C=O) groups excluding carboxylic acids is 1. The summed E-state index contributed by atoms with van der Waals surface area (Å²) in [5.74, 6) is 0.346. The fourth-order valence-corrected chi connectivity index (χ4v) is 3.43. The molecule has 0 aliphatic heterocycles. The second kappa shape index (κ2) is 6.18. The predicted molar refractivity (Wildman–Crippen MR) is 82.3 cm³/mol. The lowest BCUT2D eigenvalue weighted by molar-refractivity contribution is -0.122. The number of carbonyl (C=O) groups is 1. The predicted octanol–water partition coefficient (Wildman–Crippen LogP) is 4.39.